The third-order valence-electron chi connectivity index (χ3n) is 3.80. The molecule has 100 valence electrons. The summed E-state index contributed by atoms with van der Waals surface area (Å²) in [6.45, 7) is 5.10. The lowest BCUT2D eigenvalue weighted by atomic mass is 9.99. The van der Waals surface area contributed by atoms with E-state index in [-0.39, 0.29) is 0 Å². The van der Waals surface area contributed by atoms with Crippen LogP contribution in [0.1, 0.15) is 18.4 Å². The van der Waals surface area contributed by atoms with Crippen LogP contribution >= 0.6 is 0 Å². The second kappa shape index (κ2) is 5.57. The van der Waals surface area contributed by atoms with Crippen molar-refractivity contribution in [3.8, 4) is 5.88 Å². The van der Waals surface area contributed by atoms with E-state index in [9.17, 15) is 0 Å². The van der Waals surface area contributed by atoms with Gasteiger partial charge in [0, 0.05) is 11.6 Å². The number of rotatable bonds is 3. The van der Waals surface area contributed by atoms with E-state index in [1.54, 1.807) is 0 Å². The number of pyridine rings is 1. The van der Waals surface area contributed by atoms with Gasteiger partial charge < -0.3 is 10.1 Å². The van der Waals surface area contributed by atoms with E-state index in [0.717, 1.165) is 31.0 Å². The van der Waals surface area contributed by atoms with Gasteiger partial charge in [0.2, 0.25) is 5.88 Å². The van der Waals surface area contributed by atoms with Crippen LogP contribution in [0.15, 0.2) is 30.5 Å². The normalized spacial score (nSPS) is 16.7. The van der Waals surface area contributed by atoms with Gasteiger partial charge >= 0.3 is 0 Å². The summed E-state index contributed by atoms with van der Waals surface area (Å²) in [7, 11) is 0. The summed E-state index contributed by atoms with van der Waals surface area (Å²) in [5.74, 6) is 1.43. The first-order chi connectivity index (χ1) is 9.33. The topological polar surface area (TPSA) is 34.1 Å². The highest BCUT2D eigenvalue weighted by molar-refractivity contribution is 5.87. The van der Waals surface area contributed by atoms with Gasteiger partial charge in [-0.25, -0.2) is 4.98 Å². The molecule has 0 radical (unpaired) electrons. The Bertz CT molecular complexity index is 562. The molecule has 1 N–H and O–H groups in total. The Labute approximate surface area is 114 Å². The van der Waals surface area contributed by atoms with Crippen molar-refractivity contribution in [2.24, 2.45) is 5.92 Å². The maximum Gasteiger partial charge on any atom is 0.221 e. The number of nitrogens with one attached hydrogen (secondary N) is 1. The molecular weight excluding hydrogens is 236 g/mol. The zero-order valence-electron chi connectivity index (χ0n) is 11.4. The number of piperidine rings is 1. The minimum absolute atomic E-state index is 0.656. The predicted octanol–water partition coefficient (Wildman–Crippen LogP) is 2.92. The Morgan fingerprint density at radius 1 is 1.26 bits per heavy atom. The summed E-state index contributed by atoms with van der Waals surface area (Å²) in [6, 6.07) is 8.44. The van der Waals surface area contributed by atoms with Gasteiger partial charge in [0.15, 0.2) is 0 Å². The third kappa shape index (κ3) is 2.87. The van der Waals surface area contributed by atoms with Crippen LogP contribution in [0.2, 0.25) is 0 Å². The fourth-order valence-electron chi connectivity index (χ4n) is 2.63. The predicted molar refractivity (Wildman–Crippen MR) is 77.6 cm³/mol. The summed E-state index contributed by atoms with van der Waals surface area (Å²) in [6.07, 6.45) is 4.23. The number of benzene rings is 1. The summed E-state index contributed by atoms with van der Waals surface area (Å²) in [5, 5.41) is 5.69. The fraction of sp³-hybridized carbons (Fsp3) is 0.438. The van der Waals surface area contributed by atoms with Crippen LogP contribution in [0, 0.1) is 12.8 Å². The highest BCUT2D eigenvalue weighted by atomic mass is 16.5. The highest BCUT2D eigenvalue weighted by Gasteiger charge is 2.14. The van der Waals surface area contributed by atoms with Gasteiger partial charge in [-0.1, -0.05) is 17.7 Å². The van der Waals surface area contributed by atoms with Gasteiger partial charge in [-0.05, 0) is 56.3 Å². The minimum Gasteiger partial charge on any atom is -0.477 e. The van der Waals surface area contributed by atoms with Crippen LogP contribution in [-0.2, 0) is 0 Å². The average Bonchev–Trinajstić information content (AvgIpc) is 2.45. The molecule has 1 aliphatic heterocycles. The average molecular weight is 256 g/mol. The number of aromatic nitrogens is 1. The molecule has 1 fully saturated rings. The number of aryl methyl sites for hydroxylation is 1. The Balaban J connectivity index is 1.76. The molecule has 2 aromatic rings. The van der Waals surface area contributed by atoms with Crippen molar-refractivity contribution in [3.63, 3.8) is 0 Å². The van der Waals surface area contributed by atoms with Crippen LogP contribution in [0.5, 0.6) is 5.88 Å². The van der Waals surface area contributed by atoms with Crippen LogP contribution < -0.4 is 10.1 Å². The summed E-state index contributed by atoms with van der Waals surface area (Å²) < 4.78 is 5.96. The lowest BCUT2D eigenvalue weighted by Gasteiger charge is -2.22. The van der Waals surface area contributed by atoms with Crippen molar-refractivity contribution in [2.45, 2.75) is 19.8 Å². The van der Waals surface area contributed by atoms with Crippen molar-refractivity contribution in [3.05, 3.63) is 36.0 Å². The molecule has 0 atom stereocenters. The molecule has 0 amide bonds. The smallest absolute Gasteiger partial charge is 0.221 e. The Morgan fingerprint density at radius 3 is 2.95 bits per heavy atom. The molecule has 0 bridgehead atoms. The fourth-order valence-corrected chi connectivity index (χ4v) is 2.63. The molecule has 3 rings (SSSR count). The van der Waals surface area contributed by atoms with Crippen LogP contribution in [0.3, 0.4) is 0 Å². The molecule has 3 nitrogen and oxygen atoms in total. The molecule has 1 saturated heterocycles. The van der Waals surface area contributed by atoms with Crippen molar-refractivity contribution in [2.75, 3.05) is 19.7 Å². The molecule has 0 saturated carbocycles. The summed E-state index contributed by atoms with van der Waals surface area (Å²) >= 11 is 0. The molecular formula is C16H20N2O. The Morgan fingerprint density at radius 2 is 2.11 bits per heavy atom. The number of ether oxygens (including phenoxy) is 1. The molecule has 1 aromatic heterocycles. The van der Waals surface area contributed by atoms with Crippen molar-refractivity contribution >= 4 is 10.8 Å². The van der Waals surface area contributed by atoms with Gasteiger partial charge in [0.1, 0.15) is 0 Å². The van der Waals surface area contributed by atoms with Crippen molar-refractivity contribution < 1.29 is 4.74 Å². The van der Waals surface area contributed by atoms with E-state index in [0.29, 0.717) is 5.92 Å². The van der Waals surface area contributed by atoms with Gasteiger partial charge in [-0.3, -0.25) is 0 Å². The molecule has 1 aromatic carbocycles. The van der Waals surface area contributed by atoms with Crippen LogP contribution in [0.4, 0.5) is 0 Å². The van der Waals surface area contributed by atoms with E-state index in [1.165, 1.54) is 23.8 Å². The van der Waals surface area contributed by atoms with E-state index in [1.807, 2.05) is 12.3 Å². The van der Waals surface area contributed by atoms with Crippen molar-refractivity contribution in [1.29, 1.82) is 0 Å². The maximum atomic E-state index is 5.96. The second-order valence-corrected chi connectivity index (χ2v) is 5.35. The molecule has 19 heavy (non-hydrogen) atoms. The van der Waals surface area contributed by atoms with Crippen LogP contribution in [-0.4, -0.2) is 24.7 Å². The number of fused-ring (bicyclic) bond motifs is 1. The molecule has 0 aliphatic carbocycles. The van der Waals surface area contributed by atoms with E-state index < -0.39 is 0 Å². The Hall–Kier alpha value is -1.61. The number of hydrogen-bond donors (Lipinski definition) is 1. The van der Waals surface area contributed by atoms with E-state index in [4.69, 9.17) is 4.74 Å². The first-order valence-electron chi connectivity index (χ1n) is 7.02. The molecule has 1 aliphatic rings. The first-order valence-corrected chi connectivity index (χ1v) is 7.02. The van der Waals surface area contributed by atoms with Crippen molar-refractivity contribution in [1.82, 2.24) is 10.3 Å². The van der Waals surface area contributed by atoms with Gasteiger partial charge in [0.05, 0.1) is 6.61 Å². The molecule has 0 spiro atoms. The first kappa shape index (κ1) is 12.4. The zero-order chi connectivity index (χ0) is 13.1. The van der Waals surface area contributed by atoms with Gasteiger partial charge in [0.25, 0.3) is 0 Å². The largest absolute Gasteiger partial charge is 0.477 e. The molecule has 0 unspecified atom stereocenters. The maximum absolute atomic E-state index is 5.96. The monoisotopic (exact) mass is 256 g/mol. The molecule has 2 heterocycles. The Kier molecular flexibility index (Phi) is 3.65. The standard InChI is InChI=1S/C16H20N2O/c1-12-2-3-15-14(10-12)6-9-18-16(15)19-11-13-4-7-17-8-5-13/h2-3,6,9-10,13,17H,4-5,7-8,11H2,1H3. The third-order valence-corrected chi connectivity index (χ3v) is 3.80. The van der Waals surface area contributed by atoms with Gasteiger partial charge in [-0.2, -0.15) is 0 Å². The summed E-state index contributed by atoms with van der Waals surface area (Å²) in [5.41, 5.74) is 1.27. The highest BCUT2D eigenvalue weighted by Crippen LogP contribution is 2.25. The van der Waals surface area contributed by atoms with Gasteiger partial charge in [-0.15, -0.1) is 0 Å². The SMILES string of the molecule is Cc1ccc2c(OCC3CCNCC3)nccc2c1. The molecule has 3 heteroatoms. The van der Waals surface area contributed by atoms with Crippen LogP contribution in [0.25, 0.3) is 10.8 Å². The summed E-state index contributed by atoms with van der Waals surface area (Å²) in [4.78, 5) is 4.38. The quantitative estimate of drug-likeness (QED) is 0.917. The zero-order valence-corrected chi connectivity index (χ0v) is 11.4. The second-order valence-electron chi connectivity index (χ2n) is 5.35. The lowest BCUT2D eigenvalue weighted by Crippen LogP contribution is -2.30. The lowest BCUT2D eigenvalue weighted by molar-refractivity contribution is 0.211. The van der Waals surface area contributed by atoms with E-state index in [2.05, 4.69) is 35.4 Å². The minimum atomic E-state index is 0.656. The number of hydrogen-bond acceptors (Lipinski definition) is 3. The number of nitrogens with zero attached hydrogens (tertiary/aromatic N) is 1. The van der Waals surface area contributed by atoms with E-state index >= 15 is 0 Å².